The molecule has 0 radical (unpaired) electrons. The summed E-state index contributed by atoms with van der Waals surface area (Å²) in [6.45, 7) is -0.955. The molecule has 3 rings (SSSR count). The summed E-state index contributed by atoms with van der Waals surface area (Å²) >= 11 is 11.5. The molecule has 1 aromatic heterocycles. The Morgan fingerprint density at radius 3 is 2.21 bits per heavy atom. The summed E-state index contributed by atoms with van der Waals surface area (Å²) < 4.78 is 36.8. The molecule has 3 aromatic rings. The predicted octanol–water partition coefficient (Wildman–Crippen LogP) is 3.77. The molecule has 1 amide bonds. The fourth-order valence-corrected chi connectivity index (χ4v) is 4.05. The normalized spacial score (nSPS) is 10.9. The third-order valence-electron chi connectivity index (χ3n) is 4.39. The van der Waals surface area contributed by atoms with E-state index in [2.05, 4.69) is 10.3 Å². The van der Waals surface area contributed by atoms with Gasteiger partial charge in [0.25, 0.3) is 15.9 Å². The smallest absolute Gasteiger partial charge is 0.344 e. The number of pyridine rings is 1. The molecule has 0 saturated carbocycles. The molecule has 178 valence electrons. The van der Waals surface area contributed by atoms with E-state index in [9.17, 15) is 18.0 Å². The van der Waals surface area contributed by atoms with E-state index >= 15 is 0 Å². The maximum absolute atomic E-state index is 12.7. The minimum atomic E-state index is -3.78. The fourth-order valence-electron chi connectivity index (χ4n) is 2.61. The zero-order valence-electron chi connectivity index (χ0n) is 17.8. The number of anilines is 2. The van der Waals surface area contributed by atoms with E-state index in [1.807, 2.05) is 0 Å². The van der Waals surface area contributed by atoms with Crippen molar-refractivity contribution in [1.29, 1.82) is 0 Å². The summed E-state index contributed by atoms with van der Waals surface area (Å²) in [6.07, 6.45) is 1.37. The number of halogens is 2. The number of carbonyl (C=O) groups excluding carboxylic acids is 2. The van der Waals surface area contributed by atoms with E-state index in [0.29, 0.717) is 21.5 Å². The highest BCUT2D eigenvalue weighted by Crippen LogP contribution is 2.25. The summed E-state index contributed by atoms with van der Waals surface area (Å²) in [4.78, 5) is 27.7. The molecule has 0 bridgehead atoms. The Balaban J connectivity index is 1.48. The average Bonchev–Trinajstić information content (AvgIpc) is 2.83. The quantitative estimate of drug-likeness (QED) is 0.424. The topological polar surface area (TPSA) is 115 Å². The third-order valence-corrected chi connectivity index (χ3v) is 6.66. The highest BCUT2D eigenvalue weighted by molar-refractivity contribution is 7.92. The van der Waals surface area contributed by atoms with Crippen LogP contribution < -0.4 is 14.4 Å². The lowest BCUT2D eigenvalue weighted by atomic mass is 10.3. The zero-order chi connectivity index (χ0) is 24.7. The number of nitrogens with one attached hydrogen (secondary N) is 1. The van der Waals surface area contributed by atoms with E-state index in [-0.39, 0.29) is 10.7 Å². The van der Waals surface area contributed by atoms with E-state index in [4.69, 9.17) is 32.7 Å². The average molecular weight is 524 g/mol. The molecule has 12 heteroatoms. The molecule has 0 fully saturated rings. The first kappa shape index (κ1) is 25.3. The van der Waals surface area contributed by atoms with Crippen molar-refractivity contribution >= 4 is 56.6 Å². The van der Waals surface area contributed by atoms with Crippen LogP contribution in [0.5, 0.6) is 5.75 Å². The van der Waals surface area contributed by atoms with Crippen molar-refractivity contribution in [1.82, 2.24) is 4.98 Å². The number of amides is 1. The van der Waals surface area contributed by atoms with Gasteiger partial charge in [-0.15, -0.1) is 0 Å². The summed E-state index contributed by atoms with van der Waals surface area (Å²) in [5.41, 5.74) is 0.386. The van der Waals surface area contributed by atoms with Gasteiger partial charge in [-0.25, -0.2) is 18.2 Å². The van der Waals surface area contributed by atoms with Gasteiger partial charge in [0.15, 0.2) is 13.2 Å². The Kier molecular flexibility index (Phi) is 8.32. The molecular formula is C22H19Cl2N3O6S. The van der Waals surface area contributed by atoms with Crippen molar-refractivity contribution in [2.24, 2.45) is 0 Å². The minimum absolute atomic E-state index is 0.0957. The largest absolute Gasteiger partial charge is 0.482 e. The molecule has 0 spiro atoms. The lowest BCUT2D eigenvalue weighted by Gasteiger charge is -2.20. The van der Waals surface area contributed by atoms with Gasteiger partial charge in [0, 0.05) is 18.3 Å². The van der Waals surface area contributed by atoms with Crippen LogP contribution in [0.1, 0.15) is 0 Å². The maximum Gasteiger partial charge on any atom is 0.344 e. The van der Waals surface area contributed by atoms with Gasteiger partial charge in [-0.1, -0.05) is 23.2 Å². The van der Waals surface area contributed by atoms with Crippen molar-refractivity contribution in [3.8, 4) is 5.75 Å². The molecule has 1 heterocycles. The fraction of sp³-hybridized carbons (Fsp3) is 0.136. The molecule has 0 aliphatic carbocycles. The summed E-state index contributed by atoms with van der Waals surface area (Å²) in [6, 6.07) is 15.0. The minimum Gasteiger partial charge on any atom is -0.482 e. The molecule has 0 aliphatic heterocycles. The number of hydrogen-bond donors (Lipinski definition) is 1. The van der Waals surface area contributed by atoms with Crippen LogP contribution >= 0.6 is 23.2 Å². The number of carbonyl (C=O) groups is 2. The van der Waals surface area contributed by atoms with Gasteiger partial charge in [-0.2, -0.15) is 0 Å². The highest BCUT2D eigenvalue weighted by atomic mass is 35.5. The van der Waals surface area contributed by atoms with Crippen molar-refractivity contribution in [2.75, 3.05) is 29.9 Å². The predicted molar refractivity (Wildman–Crippen MR) is 128 cm³/mol. The second-order valence-electron chi connectivity index (χ2n) is 6.78. The summed E-state index contributed by atoms with van der Waals surface area (Å²) in [5.74, 6) is -0.749. The number of benzene rings is 2. The van der Waals surface area contributed by atoms with Gasteiger partial charge < -0.3 is 14.8 Å². The molecule has 0 unspecified atom stereocenters. The zero-order valence-corrected chi connectivity index (χ0v) is 20.1. The standard InChI is InChI=1S/C22H19Cl2N3O6S/c1-27(34(30,31)19-9-2-15(23)3-10-19)17-5-7-18(8-6-17)32-14-22(29)33-13-21(28)26-20-11-4-16(24)12-25-20/h2-12H,13-14H2,1H3,(H,25,26,28). The monoisotopic (exact) mass is 523 g/mol. The lowest BCUT2D eigenvalue weighted by molar-refractivity contribution is -0.149. The number of esters is 1. The summed E-state index contributed by atoms with van der Waals surface area (Å²) in [7, 11) is -2.36. The second-order valence-corrected chi connectivity index (χ2v) is 9.62. The SMILES string of the molecule is CN(c1ccc(OCC(=O)OCC(=O)Nc2ccc(Cl)cn2)cc1)S(=O)(=O)c1ccc(Cl)cc1. The van der Waals surface area contributed by atoms with Crippen LogP contribution in [-0.2, 0) is 24.3 Å². The molecule has 1 N–H and O–H groups in total. The first-order valence-corrected chi connectivity index (χ1v) is 11.9. The number of ether oxygens (including phenoxy) is 2. The Morgan fingerprint density at radius 1 is 0.941 bits per heavy atom. The van der Waals surface area contributed by atoms with Crippen molar-refractivity contribution in [2.45, 2.75) is 4.90 Å². The van der Waals surface area contributed by atoms with E-state index in [1.54, 1.807) is 6.07 Å². The molecule has 9 nitrogen and oxygen atoms in total. The Hall–Kier alpha value is -3.34. The van der Waals surface area contributed by atoms with Crippen LogP contribution in [0.25, 0.3) is 0 Å². The first-order valence-electron chi connectivity index (χ1n) is 9.69. The molecule has 0 saturated heterocycles. The van der Waals surface area contributed by atoms with E-state index in [0.717, 1.165) is 4.31 Å². The Bertz CT molecular complexity index is 1250. The van der Waals surface area contributed by atoms with Crippen LogP contribution in [-0.4, -0.2) is 45.5 Å². The van der Waals surface area contributed by atoms with Crippen molar-refractivity contribution < 1.29 is 27.5 Å². The van der Waals surface area contributed by atoms with E-state index in [1.165, 1.54) is 67.8 Å². The lowest BCUT2D eigenvalue weighted by Crippen LogP contribution is -2.26. The van der Waals surface area contributed by atoms with Crippen LogP contribution in [0.15, 0.2) is 71.8 Å². The first-order chi connectivity index (χ1) is 16.1. The maximum atomic E-state index is 12.7. The summed E-state index contributed by atoms with van der Waals surface area (Å²) in [5, 5.41) is 3.31. The second kappa shape index (κ2) is 11.2. The van der Waals surface area contributed by atoms with Crippen molar-refractivity contribution in [3.05, 3.63) is 76.9 Å². The number of rotatable bonds is 9. The van der Waals surface area contributed by atoms with Gasteiger partial charge in [0.05, 0.1) is 15.6 Å². The Labute approximate surface area is 206 Å². The number of nitrogens with zero attached hydrogens (tertiary/aromatic N) is 2. The number of aromatic nitrogens is 1. The van der Waals surface area contributed by atoms with Gasteiger partial charge in [-0.3, -0.25) is 9.10 Å². The molecule has 2 aromatic carbocycles. The highest BCUT2D eigenvalue weighted by Gasteiger charge is 2.21. The molecular weight excluding hydrogens is 505 g/mol. The van der Waals surface area contributed by atoms with E-state index < -0.39 is 35.1 Å². The Morgan fingerprint density at radius 2 is 1.59 bits per heavy atom. The van der Waals surface area contributed by atoms with Gasteiger partial charge >= 0.3 is 5.97 Å². The van der Waals surface area contributed by atoms with Gasteiger partial charge in [0.1, 0.15) is 11.6 Å². The molecule has 34 heavy (non-hydrogen) atoms. The van der Waals surface area contributed by atoms with Crippen LogP contribution in [0.4, 0.5) is 11.5 Å². The van der Waals surface area contributed by atoms with Crippen LogP contribution in [0, 0.1) is 0 Å². The van der Waals surface area contributed by atoms with Crippen molar-refractivity contribution in [3.63, 3.8) is 0 Å². The van der Waals surface area contributed by atoms with Gasteiger partial charge in [0.2, 0.25) is 0 Å². The number of sulfonamides is 1. The third kappa shape index (κ3) is 6.83. The molecule has 0 atom stereocenters. The molecule has 0 aliphatic rings. The van der Waals surface area contributed by atoms with Crippen LogP contribution in [0.3, 0.4) is 0 Å². The number of hydrogen-bond acceptors (Lipinski definition) is 7. The van der Waals surface area contributed by atoms with Gasteiger partial charge in [-0.05, 0) is 60.7 Å². The van der Waals surface area contributed by atoms with Crippen LogP contribution in [0.2, 0.25) is 10.0 Å².